The predicted octanol–water partition coefficient (Wildman–Crippen LogP) is 1.47. The number of hydrogen-bond acceptors (Lipinski definition) is 5. The van der Waals surface area contributed by atoms with E-state index < -0.39 is 0 Å². The molecule has 2 aromatic heterocycles. The quantitative estimate of drug-likeness (QED) is 0.835. The lowest BCUT2D eigenvalue weighted by Crippen LogP contribution is -2.21. The lowest BCUT2D eigenvalue weighted by atomic mass is 10.3. The third-order valence-electron chi connectivity index (χ3n) is 2.81. The number of aryl methyl sites for hydroxylation is 2. The van der Waals surface area contributed by atoms with Gasteiger partial charge in [0.15, 0.2) is 0 Å². The number of nitrogens with one attached hydrogen (secondary N) is 1. The number of aromatic nitrogens is 4. The van der Waals surface area contributed by atoms with Gasteiger partial charge >= 0.3 is 0 Å². The maximum absolute atomic E-state index is 11.9. The van der Waals surface area contributed by atoms with E-state index in [9.17, 15) is 4.79 Å². The lowest BCUT2D eigenvalue weighted by Gasteiger charge is -2.06. The van der Waals surface area contributed by atoms with E-state index in [4.69, 9.17) is 17.3 Å². The Morgan fingerprint density at radius 2 is 2.10 bits per heavy atom. The molecule has 8 heteroatoms. The molecular weight excluding hydrogens is 280 g/mol. The summed E-state index contributed by atoms with van der Waals surface area (Å²) in [4.78, 5) is 19.9. The zero-order chi connectivity index (χ0) is 14.9. The van der Waals surface area contributed by atoms with E-state index in [1.165, 1.54) is 4.68 Å². The first kappa shape index (κ1) is 14.3. The van der Waals surface area contributed by atoms with Gasteiger partial charge in [0.2, 0.25) is 11.9 Å². The number of carbonyl (C=O) groups is 1. The highest BCUT2D eigenvalue weighted by atomic mass is 35.5. The van der Waals surface area contributed by atoms with Gasteiger partial charge in [-0.15, -0.1) is 0 Å². The van der Waals surface area contributed by atoms with Crippen molar-refractivity contribution in [2.75, 3.05) is 11.1 Å². The molecule has 0 saturated heterocycles. The minimum absolute atomic E-state index is 0.0405. The van der Waals surface area contributed by atoms with E-state index >= 15 is 0 Å². The molecule has 20 heavy (non-hydrogen) atoms. The van der Waals surface area contributed by atoms with Crippen LogP contribution in [-0.4, -0.2) is 25.7 Å². The summed E-state index contributed by atoms with van der Waals surface area (Å²) < 4.78 is 1.54. The highest BCUT2D eigenvalue weighted by molar-refractivity contribution is 6.29. The van der Waals surface area contributed by atoms with E-state index in [2.05, 4.69) is 20.4 Å². The van der Waals surface area contributed by atoms with Crippen LogP contribution >= 0.6 is 11.6 Å². The van der Waals surface area contributed by atoms with Crippen LogP contribution in [0.2, 0.25) is 5.15 Å². The lowest BCUT2D eigenvalue weighted by molar-refractivity contribution is -0.117. The highest BCUT2D eigenvalue weighted by Crippen LogP contribution is 2.15. The van der Waals surface area contributed by atoms with Crippen LogP contribution in [0.25, 0.3) is 0 Å². The number of carbonyl (C=O) groups excluding carboxylic acids is 1. The van der Waals surface area contributed by atoms with Crippen molar-refractivity contribution in [2.24, 2.45) is 0 Å². The molecule has 106 valence electrons. The zero-order valence-corrected chi connectivity index (χ0v) is 12.2. The first-order chi connectivity index (χ1) is 9.36. The number of nitrogens with two attached hydrogens (primary N) is 1. The van der Waals surface area contributed by atoms with Gasteiger partial charge in [0.25, 0.3) is 0 Å². The summed E-state index contributed by atoms with van der Waals surface area (Å²) >= 11 is 5.81. The van der Waals surface area contributed by atoms with Gasteiger partial charge in [-0.3, -0.25) is 14.8 Å². The van der Waals surface area contributed by atoms with E-state index in [0.717, 1.165) is 5.69 Å². The number of anilines is 2. The number of nitrogens with zero attached hydrogens (tertiary/aromatic N) is 4. The van der Waals surface area contributed by atoms with Crippen LogP contribution in [0.4, 0.5) is 11.6 Å². The fraction of sp³-hybridized carbons (Fsp3) is 0.333. The molecule has 0 fully saturated rings. The van der Waals surface area contributed by atoms with Crippen LogP contribution in [-0.2, 0) is 11.3 Å². The minimum Gasteiger partial charge on any atom is -0.396 e. The molecule has 0 spiro atoms. The molecule has 3 N–H and O–H groups in total. The Balaban J connectivity index is 2.11. The number of halogens is 1. The molecule has 0 radical (unpaired) electrons. The van der Waals surface area contributed by atoms with Crippen molar-refractivity contribution < 1.29 is 4.79 Å². The first-order valence-electron chi connectivity index (χ1n) is 5.97. The van der Waals surface area contributed by atoms with Gasteiger partial charge in [-0.25, -0.2) is 9.97 Å². The maximum Gasteiger partial charge on any atom is 0.248 e. The van der Waals surface area contributed by atoms with Crippen molar-refractivity contribution in [3.63, 3.8) is 0 Å². The van der Waals surface area contributed by atoms with E-state index in [-0.39, 0.29) is 23.6 Å². The number of rotatable bonds is 3. The van der Waals surface area contributed by atoms with Gasteiger partial charge < -0.3 is 5.73 Å². The highest BCUT2D eigenvalue weighted by Gasteiger charge is 2.12. The van der Waals surface area contributed by atoms with Gasteiger partial charge in [-0.1, -0.05) is 11.6 Å². The average molecular weight is 295 g/mol. The molecule has 0 aliphatic rings. The Morgan fingerprint density at radius 1 is 1.40 bits per heavy atom. The van der Waals surface area contributed by atoms with Crippen LogP contribution in [0, 0.1) is 20.8 Å². The molecule has 2 aromatic rings. The van der Waals surface area contributed by atoms with Gasteiger partial charge in [-0.05, 0) is 26.8 Å². The molecule has 0 aliphatic carbocycles. The minimum atomic E-state index is -0.294. The summed E-state index contributed by atoms with van der Waals surface area (Å²) in [5, 5.41) is 7.05. The van der Waals surface area contributed by atoms with E-state index in [0.29, 0.717) is 17.1 Å². The second-order valence-electron chi connectivity index (χ2n) is 4.45. The third-order valence-corrected chi connectivity index (χ3v) is 3.00. The molecule has 1 amide bonds. The molecule has 0 saturated carbocycles. The average Bonchev–Trinajstić information content (AvgIpc) is 2.55. The first-order valence-corrected chi connectivity index (χ1v) is 6.35. The van der Waals surface area contributed by atoms with E-state index in [1.54, 1.807) is 19.9 Å². The molecule has 0 bridgehead atoms. The normalized spacial score (nSPS) is 10.6. The predicted molar refractivity (Wildman–Crippen MR) is 76.5 cm³/mol. The largest absolute Gasteiger partial charge is 0.396 e. The molecule has 0 atom stereocenters. The van der Waals surface area contributed by atoms with Gasteiger partial charge in [0.05, 0.1) is 17.1 Å². The number of amides is 1. The fourth-order valence-electron chi connectivity index (χ4n) is 1.75. The molecular formula is C12H15ClN6O. The number of hydrogen-bond donors (Lipinski definition) is 2. The summed E-state index contributed by atoms with van der Waals surface area (Å²) in [5.74, 6) is -0.119. The van der Waals surface area contributed by atoms with Crippen LogP contribution in [0.5, 0.6) is 0 Å². The molecule has 0 unspecified atom stereocenters. The third kappa shape index (κ3) is 3.05. The Hall–Kier alpha value is -2.15. The van der Waals surface area contributed by atoms with Crippen LogP contribution in [0.15, 0.2) is 6.07 Å². The fourth-order valence-corrected chi connectivity index (χ4v) is 1.99. The van der Waals surface area contributed by atoms with Crippen molar-refractivity contribution in [3.8, 4) is 0 Å². The molecule has 2 heterocycles. The second-order valence-corrected chi connectivity index (χ2v) is 4.83. The summed E-state index contributed by atoms with van der Waals surface area (Å²) in [6.45, 7) is 5.41. The zero-order valence-electron chi connectivity index (χ0n) is 11.4. The molecule has 0 aromatic carbocycles. The smallest absolute Gasteiger partial charge is 0.248 e. The maximum atomic E-state index is 11.9. The van der Waals surface area contributed by atoms with Crippen molar-refractivity contribution in [1.82, 2.24) is 19.7 Å². The standard InChI is InChI=1S/C12H15ClN6O/c1-6-4-9(13)16-12(15-6)17-10(20)5-19-8(3)11(14)7(2)18-19/h4H,5,14H2,1-3H3,(H,15,16,17,20). The molecule has 2 rings (SSSR count). The molecule has 7 nitrogen and oxygen atoms in total. The van der Waals surface area contributed by atoms with Crippen LogP contribution in [0.1, 0.15) is 17.1 Å². The van der Waals surface area contributed by atoms with E-state index in [1.807, 2.05) is 6.92 Å². The topological polar surface area (TPSA) is 98.7 Å². The van der Waals surface area contributed by atoms with Crippen molar-refractivity contribution in [1.29, 1.82) is 0 Å². The van der Waals surface area contributed by atoms with Crippen molar-refractivity contribution in [2.45, 2.75) is 27.3 Å². The Morgan fingerprint density at radius 3 is 2.65 bits per heavy atom. The Kier molecular flexibility index (Phi) is 3.89. The SMILES string of the molecule is Cc1cc(Cl)nc(NC(=O)Cn2nc(C)c(N)c2C)n1. The van der Waals surface area contributed by atoms with Crippen LogP contribution < -0.4 is 11.1 Å². The Bertz CT molecular complexity index is 646. The monoisotopic (exact) mass is 294 g/mol. The van der Waals surface area contributed by atoms with Crippen LogP contribution in [0.3, 0.4) is 0 Å². The Labute approximate surface area is 121 Å². The summed E-state index contributed by atoms with van der Waals surface area (Å²) in [6, 6.07) is 1.61. The summed E-state index contributed by atoms with van der Waals surface area (Å²) in [6.07, 6.45) is 0. The molecule has 0 aliphatic heterocycles. The van der Waals surface area contributed by atoms with Crippen molar-refractivity contribution >= 4 is 29.1 Å². The van der Waals surface area contributed by atoms with Gasteiger partial charge in [0.1, 0.15) is 11.7 Å². The van der Waals surface area contributed by atoms with Gasteiger partial charge in [0, 0.05) is 5.69 Å². The van der Waals surface area contributed by atoms with Crippen molar-refractivity contribution in [3.05, 3.63) is 28.3 Å². The number of nitrogen functional groups attached to an aromatic ring is 1. The second kappa shape index (κ2) is 5.46. The summed E-state index contributed by atoms with van der Waals surface area (Å²) in [5.41, 5.74) is 8.53. The summed E-state index contributed by atoms with van der Waals surface area (Å²) in [7, 11) is 0. The van der Waals surface area contributed by atoms with Gasteiger partial charge in [-0.2, -0.15) is 5.10 Å².